The van der Waals surface area contributed by atoms with Crippen molar-refractivity contribution < 1.29 is 14.3 Å². The number of anilines is 1. The third-order valence-electron chi connectivity index (χ3n) is 7.53. The van der Waals surface area contributed by atoms with Crippen molar-refractivity contribution in [3.63, 3.8) is 0 Å². The molecule has 0 amide bonds. The van der Waals surface area contributed by atoms with Gasteiger partial charge in [-0.25, -0.2) is 0 Å². The summed E-state index contributed by atoms with van der Waals surface area (Å²) in [6, 6.07) is 8.74. The van der Waals surface area contributed by atoms with Crippen LogP contribution in [0.3, 0.4) is 0 Å². The van der Waals surface area contributed by atoms with E-state index in [0.717, 1.165) is 25.1 Å². The maximum absolute atomic E-state index is 13.1. The first-order valence-corrected chi connectivity index (χ1v) is 9.20. The first kappa shape index (κ1) is 14.3. The van der Waals surface area contributed by atoms with Crippen LogP contribution in [0.25, 0.3) is 0 Å². The van der Waals surface area contributed by atoms with Gasteiger partial charge in [0.25, 0.3) is 0 Å². The number of carbonyl (C=O) groups excluding carboxylic acids is 1. The molecule has 1 aliphatic carbocycles. The molecule has 5 aliphatic rings. The molecule has 4 bridgehead atoms. The Balaban J connectivity index is 1.67. The molecule has 1 unspecified atom stereocenters. The molecular weight excluding hydrogens is 316 g/mol. The van der Waals surface area contributed by atoms with Crippen molar-refractivity contribution in [2.24, 2.45) is 11.8 Å². The molecular formula is C20H22N2O3. The quantitative estimate of drug-likeness (QED) is 0.629. The minimum absolute atomic E-state index is 0.0780. The number of rotatable bonds is 1. The second-order valence-corrected chi connectivity index (χ2v) is 8.05. The van der Waals surface area contributed by atoms with Crippen LogP contribution in [-0.4, -0.2) is 42.5 Å². The highest BCUT2D eigenvalue weighted by atomic mass is 16.6. The third-order valence-corrected chi connectivity index (χ3v) is 7.53. The van der Waals surface area contributed by atoms with E-state index in [1.54, 1.807) is 0 Å². The van der Waals surface area contributed by atoms with Crippen LogP contribution >= 0.6 is 0 Å². The van der Waals surface area contributed by atoms with Gasteiger partial charge >= 0.3 is 5.97 Å². The van der Waals surface area contributed by atoms with Gasteiger partial charge < -0.3 is 14.8 Å². The van der Waals surface area contributed by atoms with E-state index in [1.165, 1.54) is 18.2 Å². The van der Waals surface area contributed by atoms with Crippen LogP contribution in [0.1, 0.15) is 25.3 Å². The fourth-order valence-electron chi connectivity index (χ4n) is 6.75. The lowest BCUT2D eigenvalue weighted by molar-refractivity contribution is -0.161. The van der Waals surface area contributed by atoms with Gasteiger partial charge in [0.1, 0.15) is 6.23 Å². The van der Waals surface area contributed by atoms with Crippen molar-refractivity contribution in [1.29, 1.82) is 0 Å². The van der Waals surface area contributed by atoms with E-state index < -0.39 is 5.72 Å². The number of ether oxygens (including phenoxy) is 2. The zero-order valence-corrected chi connectivity index (χ0v) is 14.5. The number of para-hydroxylation sites is 1. The molecule has 4 heterocycles. The van der Waals surface area contributed by atoms with Gasteiger partial charge in [0.15, 0.2) is 5.72 Å². The summed E-state index contributed by atoms with van der Waals surface area (Å²) in [5.41, 5.74) is 2.89. The fourth-order valence-corrected chi connectivity index (χ4v) is 6.75. The van der Waals surface area contributed by atoms with Crippen LogP contribution in [0.5, 0.6) is 0 Å². The van der Waals surface area contributed by atoms with Crippen LogP contribution in [-0.2, 0) is 19.7 Å². The van der Waals surface area contributed by atoms with Crippen LogP contribution in [0.4, 0.5) is 5.69 Å². The van der Waals surface area contributed by atoms with Crippen molar-refractivity contribution in [3.8, 4) is 0 Å². The SMILES string of the molecule is C/C=C1/CN2[C@H]3C[C@@H]1[C@@H](C(=O)OC)[C@@]14C[C@H]2OC31Nc1ccccc14. The summed E-state index contributed by atoms with van der Waals surface area (Å²) in [5, 5.41) is 3.73. The molecule has 1 spiro atoms. The van der Waals surface area contributed by atoms with Crippen molar-refractivity contribution >= 4 is 11.7 Å². The van der Waals surface area contributed by atoms with Gasteiger partial charge in [-0.1, -0.05) is 29.8 Å². The molecule has 1 saturated carbocycles. The maximum Gasteiger partial charge on any atom is 0.310 e. The summed E-state index contributed by atoms with van der Waals surface area (Å²) >= 11 is 0. The molecule has 4 fully saturated rings. The van der Waals surface area contributed by atoms with Crippen LogP contribution in [0.2, 0.25) is 0 Å². The zero-order chi connectivity index (χ0) is 17.0. The van der Waals surface area contributed by atoms with Crippen LogP contribution < -0.4 is 5.32 Å². The Morgan fingerprint density at radius 3 is 3.08 bits per heavy atom. The first-order chi connectivity index (χ1) is 12.2. The molecule has 1 aromatic carbocycles. The van der Waals surface area contributed by atoms with Gasteiger partial charge in [0.05, 0.1) is 24.5 Å². The van der Waals surface area contributed by atoms with Gasteiger partial charge in [-0.2, -0.15) is 0 Å². The van der Waals surface area contributed by atoms with Crippen molar-refractivity contribution in [2.75, 3.05) is 19.0 Å². The van der Waals surface area contributed by atoms with Gasteiger partial charge in [0.2, 0.25) is 0 Å². The predicted octanol–water partition coefficient (Wildman–Crippen LogP) is 2.25. The van der Waals surface area contributed by atoms with Crippen molar-refractivity contribution in [1.82, 2.24) is 4.90 Å². The largest absolute Gasteiger partial charge is 0.469 e. The highest BCUT2D eigenvalue weighted by Gasteiger charge is 2.82. The Labute approximate surface area is 147 Å². The highest BCUT2D eigenvalue weighted by Crippen LogP contribution is 2.72. The normalized spacial score (nSPS) is 46.9. The number of hydrogen-bond donors (Lipinski definition) is 1. The monoisotopic (exact) mass is 338 g/mol. The first-order valence-electron chi connectivity index (χ1n) is 9.20. The number of nitrogens with zero attached hydrogens (tertiary/aromatic N) is 1. The molecule has 5 nitrogen and oxygen atoms in total. The molecule has 1 N–H and O–H groups in total. The molecule has 25 heavy (non-hydrogen) atoms. The number of esters is 1. The van der Waals surface area contributed by atoms with E-state index >= 15 is 0 Å². The minimum Gasteiger partial charge on any atom is -0.469 e. The van der Waals surface area contributed by atoms with Crippen molar-refractivity contribution in [2.45, 2.75) is 43.2 Å². The number of nitrogens with one attached hydrogen (secondary N) is 1. The Hall–Kier alpha value is -1.85. The standard InChI is InChI=1S/C20H22N2O3/c1-3-11-10-22-15-8-12(11)17(18(23)24-2)19-9-16(22)25-20(15,19)21-14-7-5-4-6-13(14)19/h3-7,12,15-17,21H,8-10H2,1-2H3/b11-3-/t12-,15-,16+,17-,19-,20?/m0/s1. The summed E-state index contributed by atoms with van der Waals surface area (Å²) in [6.07, 6.45) is 4.10. The molecule has 3 saturated heterocycles. The number of piperidine rings is 2. The lowest BCUT2D eigenvalue weighted by atomic mass is 9.49. The Bertz CT molecular complexity index is 836. The van der Waals surface area contributed by atoms with Gasteiger partial charge in [-0.05, 0) is 30.9 Å². The van der Waals surface area contributed by atoms with Crippen LogP contribution in [0, 0.1) is 11.8 Å². The van der Waals surface area contributed by atoms with E-state index in [4.69, 9.17) is 9.47 Å². The van der Waals surface area contributed by atoms with E-state index in [2.05, 4.69) is 47.5 Å². The highest BCUT2D eigenvalue weighted by molar-refractivity contribution is 5.81. The zero-order valence-electron chi connectivity index (χ0n) is 14.5. The molecule has 0 aromatic heterocycles. The Kier molecular flexibility index (Phi) is 2.45. The predicted molar refractivity (Wildman–Crippen MR) is 91.8 cm³/mol. The number of hydrogen-bond acceptors (Lipinski definition) is 5. The maximum atomic E-state index is 13.1. The van der Waals surface area contributed by atoms with Gasteiger partial charge in [0, 0.05) is 18.7 Å². The summed E-state index contributed by atoms with van der Waals surface area (Å²) in [5.74, 6) is -0.0451. The summed E-state index contributed by atoms with van der Waals surface area (Å²) in [4.78, 5) is 15.6. The molecule has 1 aromatic rings. The molecule has 6 atom stereocenters. The molecule has 5 heteroatoms. The number of methoxy groups -OCH3 is 1. The number of benzene rings is 1. The third kappa shape index (κ3) is 1.30. The fraction of sp³-hybridized carbons (Fsp3) is 0.550. The second kappa shape index (κ2) is 4.27. The summed E-state index contributed by atoms with van der Waals surface area (Å²) in [6.45, 7) is 2.99. The molecule has 0 radical (unpaired) electrons. The van der Waals surface area contributed by atoms with E-state index in [9.17, 15) is 4.79 Å². The van der Waals surface area contributed by atoms with E-state index in [0.29, 0.717) is 6.04 Å². The minimum atomic E-state index is -0.490. The number of fused-ring (bicyclic) bond motifs is 4. The lowest BCUT2D eigenvalue weighted by Crippen LogP contribution is -2.73. The average molecular weight is 338 g/mol. The molecule has 6 rings (SSSR count). The van der Waals surface area contributed by atoms with Gasteiger partial charge in [-0.3, -0.25) is 9.69 Å². The summed E-state index contributed by atoms with van der Waals surface area (Å²) < 4.78 is 12.0. The Morgan fingerprint density at radius 2 is 2.28 bits per heavy atom. The smallest absolute Gasteiger partial charge is 0.310 e. The second-order valence-electron chi connectivity index (χ2n) is 8.05. The Morgan fingerprint density at radius 1 is 1.44 bits per heavy atom. The number of carbonyl (C=O) groups is 1. The topological polar surface area (TPSA) is 50.8 Å². The molecule has 4 aliphatic heterocycles. The van der Waals surface area contributed by atoms with E-state index in [1.807, 2.05) is 0 Å². The van der Waals surface area contributed by atoms with E-state index in [-0.39, 0.29) is 29.4 Å². The van der Waals surface area contributed by atoms with Gasteiger partial charge in [-0.15, -0.1) is 0 Å². The van der Waals surface area contributed by atoms with Crippen LogP contribution in [0.15, 0.2) is 35.9 Å². The number of allylic oxidation sites excluding steroid dienone is 1. The average Bonchev–Trinajstić information content (AvgIpc) is 3.22. The van der Waals surface area contributed by atoms with Crippen molar-refractivity contribution in [3.05, 3.63) is 41.5 Å². The summed E-state index contributed by atoms with van der Waals surface area (Å²) in [7, 11) is 1.52. The molecule has 130 valence electrons. The lowest BCUT2D eigenvalue weighted by Gasteiger charge is -2.60.